The summed E-state index contributed by atoms with van der Waals surface area (Å²) < 4.78 is 10.5. The van der Waals surface area contributed by atoms with Crippen LogP contribution < -0.4 is 14.9 Å². The van der Waals surface area contributed by atoms with E-state index in [1.807, 2.05) is 0 Å². The van der Waals surface area contributed by atoms with Gasteiger partial charge in [0.2, 0.25) is 0 Å². The highest BCUT2D eigenvalue weighted by Gasteiger charge is 2.13. The van der Waals surface area contributed by atoms with Crippen molar-refractivity contribution in [3.05, 3.63) is 105 Å². The van der Waals surface area contributed by atoms with E-state index in [-0.39, 0.29) is 17.0 Å². The molecule has 1 amide bonds. The van der Waals surface area contributed by atoms with Crippen LogP contribution in [0, 0.1) is 17.0 Å². The number of rotatable bonds is 7. The summed E-state index contributed by atoms with van der Waals surface area (Å²) in [5, 5.41) is 15.4. The van der Waals surface area contributed by atoms with Gasteiger partial charge in [0.1, 0.15) is 11.5 Å². The number of nitrogens with one attached hydrogen (secondary N) is 1. The van der Waals surface area contributed by atoms with Crippen molar-refractivity contribution in [2.24, 2.45) is 5.10 Å². The van der Waals surface area contributed by atoms with E-state index in [1.165, 1.54) is 30.5 Å². The Labute approximate surface area is 205 Å². The third-order valence-electron chi connectivity index (χ3n) is 5.17. The zero-order valence-electron chi connectivity index (χ0n) is 19.3. The second-order valence-electron chi connectivity index (χ2n) is 7.66. The van der Waals surface area contributed by atoms with Crippen LogP contribution in [0.15, 0.2) is 77.9 Å². The van der Waals surface area contributed by atoms with Crippen LogP contribution >= 0.6 is 0 Å². The zero-order chi connectivity index (χ0) is 25.7. The fourth-order valence-corrected chi connectivity index (χ4v) is 3.38. The molecule has 1 heterocycles. The van der Waals surface area contributed by atoms with Crippen molar-refractivity contribution in [2.45, 2.75) is 6.92 Å². The summed E-state index contributed by atoms with van der Waals surface area (Å²) in [4.78, 5) is 39.6. The average Bonchev–Trinajstić information content (AvgIpc) is 2.88. The van der Waals surface area contributed by atoms with E-state index in [0.717, 1.165) is 0 Å². The van der Waals surface area contributed by atoms with Gasteiger partial charge < -0.3 is 9.47 Å². The second kappa shape index (κ2) is 10.4. The SMILES string of the molecule is COc1ccc2nc(C)cc(C(=O)NN=Cc3ccc(OC(=O)c4ccc([N+](=O)[O-])cc4)cc3)c2c1. The Hall–Kier alpha value is -5.12. The van der Waals surface area contributed by atoms with Gasteiger partial charge in [-0.05, 0) is 73.2 Å². The number of hydrogen-bond donors (Lipinski definition) is 1. The summed E-state index contributed by atoms with van der Waals surface area (Å²) in [6.07, 6.45) is 1.46. The lowest BCUT2D eigenvalue weighted by Gasteiger charge is -2.08. The number of nitro benzene ring substituents is 1. The maximum absolute atomic E-state index is 12.8. The number of fused-ring (bicyclic) bond motifs is 1. The third-order valence-corrected chi connectivity index (χ3v) is 5.17. The lowest BCUT2D eigenvalue weighted by atomic mass is 10.1. The number of aryl methyl sites for hydroxylation is 1. The predicted molar refractivity (Wildman–Crippen MR) is 133 cm³/mol. The van der Waals surface area contributed by atoms with Crippen LogP contribution in [-0.4, -0.2) is 35.1 Å². The lowest BCUT2D eigenvalue weighted by molar-refractivity contribution is -0.384. The number of carbonyl (C=O) groups excluding carboxylic acids is 2. The summed E-state index contributed by atoms with van der Waals surface area (Å²) in [6, 6.07) is 18.6. The van der Waals surface area contributed by atoms with Gasteiger partial charge in [-0.2, -0.15) is 5.10 Å². The Kier molecular flexibility index (Phi) is 6.96. The number of nitrogens with zero attached hydrogens (tertiary/aromatic N) is 3. The topological polar surface area (TPSA) is 133 Å². The van der Waals surface area contributed by atoms with Gasteiger partial charge in [-0.25, -0.2) is 10.2 Å². The summed E-state index contributed by atoms with van der Waals surface area (Å²) in [5.41, 5.74) is 5.02. The molecule has 10 heteroatoms. The Balaban J connectivity index is 1.40. The van der Waals surface area contributed by atoms with Gasteiger partial charge in [-0.3, -0.25) is 19.9 Å². The largest absolute Gasteiger partial charge is 0.497 e. The minimum absolute atomic E-state index is 0.116. The zero-order valence-corrected chi connectivity index (χ0v) is 19.3. The first-order valence-electron chi connectivity index (χ1n) is 10.7. The van der Waals surface area contributed by atoms with Gasteiger partial charge in [0.15, 0.2) is 0 Å². The molecule has 0 fully saturated rings. The molecule has 0 atom stereocenters. The number of nitro groups is 1. The number of benzene rings is 3. The van der Waals surface area contributed by atoms with Crippen LogP contribution in [0.5, 0.6) is 11.5 Å². The van der Waals surface area contributed by atoms with Crippen LogP contribution in [-0.2, 0) is 0 Å². The van der Waals surface area contributed by atoms with Crippen molar-refractivity contribution in [1.29, 1.82) is 0 Å². The molecule has 0 aliphatic carbocycles. The summed E-state index contributed by atoms with van der Waals surface area (Å²) in [6.45, 7) is 1.81. The first-order valence-corrected chi connectivity index (χ1v) is 10.7. The van der Waals surface area contributed by atoms with Crippen molar-refractivity contribution in [3.8, 4) is 11.5 Å². The molecule has 180 valence electrons. The number of aromatic nitrogens is 1. The molecule has 10 nitrogen and oxygen atoms in total. The molecule has 0 radical (unpaired) electrons. The van der Waals surface area contributed by atoms with E-state index in [4.69, 9.17) is 9.47 Å². The van der Waals surface area contributed by atoms with Gasteiger partial charge >= 0.3 is 5.97 Å². The first-order chi connectivity index (χ1) is 17.3. The quantitative estimate of drug-likeness (QED) is 0.135. The second-order valence-corrected chi connectivity index (χ2v) is 7.66. The van der Waals surface area contributed by atoms with Gasteiger partial charge in [0, 0.05) is 23.2 Å². The molecule has 1 aromatic heterocycles. The molecular weight excluding hydrogens is 464 g/mol. The molecule has 0 bridgehead atoms. The van der Waals surface area contributed by atoms with Crippen molar-refractivity contribution in [3.63, 3.8) is 0 Å². The number of pyridine rings is 1. The molecule has 1 N–H and O–H groups in total. The van der Waals surface area contributed by atoms with E-state index in [1.54, 1.807) is 62.6 Å². The number of carbonyl (C=O) groups is 2. The van der Waals surface area contributed by atoms with E-state index in [2.05, 4.69) is 15.5 Å². The number of non-ortho nitro benzene ring substituents is 1. The molecule has 0 saturated heterocycles. The fraction of sp³-hybridized carbons (Fsp3) is 0.0769. The van der Waals surface area contributed by atoms with Gasteiger partial charge in [0.25, 0.3) is 11.6 Å². The Bertz CT molecular complexity index is 1480. The van der Waals surface area contributed by atoms with Crippen LogP contribution in [0.1, 0.15) is 32.0 Å². The lowest BCUT2D eigenvalue weighted by Crippen LogP contribution is -2.18. The number of amides is 1. The van der Waals surface area contributed by atoms with Crippen LogP contribution in [0.2, 0.25) is 0 Å². The smallest absolute Gasteiger partial charge is 0.343 e. The third kappa shape index (κ3) is 5.50. The van der Waals surface area contributed by atoms with Gasteiger partial charge in [-0.1, -0.05) is 0 Å². The molecule has 36 heavy (non-hydrogen) atoms. The predicted octanol–water partition coefficient (Wildman–Crippen LogP) is 4.44. The number of methoxy groups -OCH3 is 1. The number of hydrazone groups is 1. The Morgan fingerprint density at radius 1 is 1.00 bits per heavy atom. The maximum atomic E-state index is 12.8. The van der Waals surface area contributed by atoms with E-state index < -0.39 is 16.8 Å². The first kappa shape index (κ1) is 24.0. The molecular formula is C26H20N4O6. The normalized spacial score (nSPS) is 10.8. The van der Waals surface area contributed by atoms with Crippen LogP contribution in [0.4, 0.5) is 5.69 Å². The fourth-order valence-electron chi connectivity index (χ4n) is 3.38. The number of ether oxygens (including phenoxy) is 2. The van der Waals surface area contributed by atoms with E-state index >= 15 is 0 Å². The highest BCUT2D eigenvalue weighted by Crippen LogP contribution is 2.24. The molecule has 0 aliphatic rings. The standard InChI is InChI=1S/C26H20N4O6/c1-16-13-23(22-14-21(35-2)11-12-24(22)28-16)25(31)29-27-15-17-3-9-20(10-4-17)36-26(32)18-5-7-19(8-6-18)30(33)34/h3-15H,1-2H3,(H,29,31). The molecule has 0 aliphatic heterocycles. The molecule has 4 aromatic rings. The minimum Gasteiger partial charge on any atom is -0.497 e. The maximum Gasteiger partial charge on any atom is 0.343 e. The van der Waals surface area contributed by atoms with E-state index in [9.17, 15) is 19.7 Å². The Morgan fingerprint density at radius 2 is 1.69 bits per heavy atom. The molecule has 0 unspecified atom stereocenters. The van der Waals surface area contributed by atoms with Crippen molar-refractivity contribution >= 4 is 34.7 Å². The average molecular weight is 484 g/mol. The highest BCUT2D eigenvalue weighted by molar-refractivity contribution is 6.06. The van der Waals surface area contributed by atoms with Crippen molar-refractivity contribution in [2.75, 3.05) is 7.11 Å². The molecule has 0 spiro atoms. The molecule has 3 aromatic carbocycles. The van der Waals surface area contributed by atoms with E-state index in [0.29, 0.717) is 33.5 Å². The molecule has 0 saturated carbocycles. The van der Waals surface area contributed by atoms with Crippen LogP contribution in [0.25, 0.3) is 10.9 Å². The number of hydrogen-bond acceptors (Lipinski definition) is 8. The highest BCUT2D eigenvalue weighted by atomic mass is 16.6. The summed E-state index contributed by atoms with van der Waals surface area (Å²) in [5.74, 6) is -0.147. The minimum atomic E-state index is -0.643. The Morgan fingerprint density at radius 3 is 2.36 bits per heavy atom. The van der Waals surface area contributed by atoms with Crippen LogP contribution in [0.3, 0.4) is 0 Å². The summed E-state index contributed by atoms with van der Waals surface area (Å²) in [7, 11) is 1.55. The summed E-state index contributed by atoms with van der Waals surface area (Å²) >= 11 is 0. The van der Waals surface area contributed by atoms with Crippen molar-refractivity contribution in [1.82, 2.24) is 10.4 Å². The van der Waals surface area contributed by atoms with Gasteiger partial charge in [-0.15, -0.1) is 0 Å². The number of esters is 1. The van der Waals surface area contributed by atoms with Gasteiger partial charge in [0.05, 0.1) is 34.9 Å². The molecule has 4 rings (SSSR count). The van der Waals surface area contributed by atoms with Crippen molar-refractivity contribution < 1.29 is 24.0 Å². The monoisotopic (exact) mass is 484 g/mol.